The Bertz CT molecular complexity index is 533. The summed E-state index contributed by atoms with van der Waals surface area (Å²) in [7, 11) is 0. The van der Waals surface area contributed by atoms with Gasteiger partial charge < -0.3 is 5.32 Å². The minimum atomic E-state index is -0.174. The van der Waals surface area contributed by atoms with Gasteiger partial charge in [0.15, 0.2) is 0 Å². The van der Waals surface area contributed by atoms with E-state index in [4.69, 9.17) is 0 Å². The summed E-state index contributed by atoms with van der Waals surface area (Å²) in [6.07, 6.45) is 4.52. The second-order valence-electron chi connectivity index (χ2n) is 3.60. The number of hydrogen-bond acceptors (Lipinski definition) is 5. The summed E-state index contributed by atoms with van der Waals surface area (Å²) < 4.78 is 1.15. The number of aromatic nitrogens is 2. The topological polar surface area (TPSA) is 54.9 Å². The third-order valence-corrected chi connectivity index (χ3v) is 5.02. The van der Waals surface area contributed by atoms with E-state index in [1.165, 1.54) is 17.3 Å². The van der Waals surface area contributed by atoms with Crippen molar-refractivity contribution in [2.24, 2.45) is 0 Å². The van der Waals surface area contributed by atoms with Gasteiger partial charge in [-0.2, -0.15) is 11.8 Å². The largest absolute Gasteiger partial charge is 0.350 e. The molecule has 0 aromatic carbocycles. The minimum Gasteiger partial charge on any atom is -0.350 e. The third kappa shape index (κ3) is 4.93. The van der Waals surface area contributed by atoms with Gasteiger partial charge in [-0.05, 0) is 28.1 Å². The molecule has 0 aliphatic carbocycles. The first kappa shape index (κ1) is 14.5. The summed E-state index contributed by atoms with van der Waals surface area (Å²) in [4.78, 5) is 20.8. The van der Waals surface area contributed by atoms with Crippen LogP contribution in [-0.2, 0) is 5.75 Å². The molecule has 0 fully saturated rings. The average Bonchev–Trinajstić information content (AvgIpc) is 2.85. The zero-order valence-electron chi connectivity index (χ0n) is 10.0. The highest BCUT2D eigenvalue weighted by atomic mass is 79.9. The maximum absolute atomic E-state index is 11.7. The highest BCUT2D eigenvalue weighted by Gasteiger charge is 2.05. The zero-order valence-corrected chi connectivity index (χ0v) is 13.2. The molecule has 4 nitrogen and oxygen atoms in total. The van der Waals surface area contributed by atoms with Crippen molar-refractivity contribution in [3.63, 3.8) is 0 Å². The number of carbonyl (C=O) groups is 1. The molecule has 0 aliphatic heterocycles. The number of rotatable bonds is 6. The lowest BCUT2D eigenvalue weighted by Gasteiger charge is -2.03. The summed E-state index contributed by atoms with van der Waals surface area (Å²) in [6, 6.07) is 4.16. The van der Waals surface area contributed by atoms with Crippen molar-refractivity contribution in [1.82, 2.24) is 15.3 Å². The number of thiophene rings is 1. The maximum atomic E-state index is 11.7. The van der Waals surface area contributed by atoms with Crippen LogP contribution in [0.25, 0.3) is 0 Å². The number of hydrogen-bond donors (Lipinski definition) is 1. The number of amides is 1. The summed E-state index contributed by atoms with van der Waals surface area (Å²) in [5.74, 6) is 1.67. The van der Waals surface area contributed by atoms with E-state index >= 15 is 0 Å². The Morgan fingerprint density at radius 1 is 1.42 bits per heavy atom. The molecule has 2 rings (SSSR count). The fraction of sp³-hybridized carbons (Fsp3) is 0.250. The molecule has 2 heterocycles. The molecule has 0 unspecified atom stereocenters. The Morgan fingerprint density at radius 2 is 2.32 bits per heavy atom. The van der Waals surface area contributed by atoms with Gasteiger partial charge in [0.05, 0.1) is 9.98 Å². The Balaban J connectivity index is 1.63. The molecule has 0 saturated carbocycles. The first-order valence-corrected chi connectivity index (χ1v) is 8.38. The van der Waals surface area contributed by atoms with Gasteiger partial charge in [0, 0.05) is 35.3 Å². The van der Waals surface area contributed by atoms with E-state index in [2.05, 4.69) is 43.3 Å². The van der Waals surface area contributed by atoms with Gasteiger partial charge in [-0.25, -0.2) is 4.98 Å². The van der Waals surface area contributed by atoms with Crippen LogP contribution in [0.1, 0.15) is 15.4 Å². The van der Waals surface area contributed by atoms with Crippen molar-refractivity contribution in [1.29, 1.82) is 0 Å². The molecular weight excluding hydrogens is 346 g/mol. The Hall–Kier alpha value is -0.920. The standard InChI is InChI=1S/C12H12BrN3OS2/c13-11-2-1-9(19-11)8-18-6-5-16-12(17)10-7-14-3-4-15-10/h1-4,7H,5-6,8H2,(H,16,17). The molecule has 1 N–H and O–H groups in total. The van der Waals surface area contributed by atoms with Crippen LogP contribution < -0.4 is 5.32 Å². The van der Waals surface area contributed by atoms with Crippen LogP contribution in [0.2, 0.25) is 0 Å². The van der Waals surface area contributed by atoms with Crippen molar-refractivity contribution in [3.8, 4) is 0 Å². The normalized spacial score (nSPS) is 10.4. The summed E-state index contributed by atoms with van der Waals surface area (Å²) in [5.41, 5.74) is 0.356. The van der Waals surface area contributed by atoms with Crippen LogP contribution in [0.15, 0.2) is 34.5 Å². The number of nitrogens with zero attached hydrogens (tertiary/aromatic N) is 2. The van der Waals surface area contributed by atoms with Crippen molar-refractivity contribution in [2.75, 3.05) is 12.3 Å². The molecule has 1 amide bonds. The van der Waals surface area contributed by atoms with Crippen LogP contribution in [0, 0.1) is 0 Å². The zero-order chi connectivity index (χ0) is 13.5. The molecule has 100 valence electrons. The van der Waals surface area contributed by atoms with Gasteiger partial charge >= 0.3 is 0 Å². The molecule has 0 bridgehead atoms. The van der Waals surface area contributed by atoms with Gasteiger partial charge in [-0.15, -0.1) is 11.3 Å². The Labute approximate surface area is 128 Å². The predicted molar refractivity (Wildman–Crippen MR) is 82.5 cm³/mol. The molecule has 0 saturated heterocycles. The van der Waals surface area contributed by atoms with Gasteiger partial charge in [0.2, 0.25) is 0 Å². The van der Waals surface area contributed by atoms with Gasteiger partial charge in [-0.1, -0.05) is 0 Å². The van der Waals surface area contributed by atoms with E-state index in [0.29, 0.717) is 12.2 Å². The van der Waals surface area contributed by atoms with E-state index in [-0.39, 0.29) is 5.91 Å². The molecule has 0 spiro atoms. The van der Waals surface area contributed by atoms with Crippen molar-refractivity contribution >= 4 is 44.9 Å². The van der Waals surface area contributed by atoms with Crippen LogP contribution in [-0.4, -0.2) is 28.2 Å². The molecule has 0 atom stereocenters. The molecule has 0 aliphatic rings. The van der Waals surface area contributed by atoms with E-state index in [1.807, 2.05) is 0 Å². The van der Waals surface area contributed by atoms with Crippen LogP contribution in [0.3, 0.4) is 0 Å². The molecule has 7 heteroatoms. The van der Waals surface area contributed by atoms with Gasteiger partial charge in [0.1, 0.15) is 5.69 Å². The fourth-order valence-electron chi connectivity index (χ4n) is 1.35. The molecule has 19 heavy (non-hydrogen) atoms. The number of thioether (sulfide) groups is 1. The van der Waals surface area contributed by atoms with E-state index in [0.717, 1.165) is 15.3 Å². The van der Waals surface area contributed by atoms with Crippen LogP contribution >= 0.6 is 39.0 Å². The lowest BCUT2D eigenvalue weighted by atomic mass is 10.4. The summed E-state index contributed by atoms with van der Waals surface area (Å²) in [5, 5.41) is 2.82. The second kappa shape index (κ2) is 7.62. The van der Waals surface area contributed by atoms with Gasteiger partial charge in [-0.3, -0.25) is 9.78 Å². The first-order valence-electron chi connectivity index (χ1n) is 5.62. The van der Waals surface area contributed by atoms with Crippen LogP contribution in [0.5, 0.6) is 0 Å². The van der Waals surface area contributed by atoms with Crippen LogP contribution in [0.4, 0.5) is 0 Å². The molecule has 2 aromatic rings. The number of halogens is 1. The number of nitrogens with one attached hydrogen (secondary N) is 1. The third-order valence-electron chi connectivity index (χ3n) is 2.20. The highest BCUT2D eigenvalue weighted by Crippen LogP contribution is 2.25. The predicted octanol–water partition coefficient (Wildman–Crippen LogP) is 2.96. The second-order valence-corrected chi connectivity index (χ2v) is 7.26. The van der Waals surface area contributed by atoms with Crippen molar-refractivity contribution < 1.29 is 4.79 Å². The lowest BCUT2D eigenvalue weighted by Crippen LogP contribution is -2.26. The summed E-state index contributed by atoms with van der Waals surface area (Å²) >= 11 is 6.97. The van der Waals surface area contributed by atoms with E-state index in [1.54, 1.807) is 29.3 Å². The Morgan fingerprint density at radius 3 is 3.00 bits per heavy atom. The van der Waals surface area contributed by atoms with E-state index < -0.39 is 0 Å². The molecular formula is C12H12BrN3OS2. The lowest BCUT2D eigenvalue weighted by molar-refractivity contribution is 0.0951. The maximum Gasteiger partial charge on any atom is 0.271 e. The quantitative estimate of drug-likeness (QED) is 0.807. The smallest absolute Gasteiger partial charge is 0.271 e. The first-order chi connectivity index (χ1) is 9.25. The Kier molecular flexibility index (Phi) is 5.81. The highest BCUT2D eigenvalue weighted by molar-refractivity contribution is 9.11. The van der Waals surface area contributed by atoms with E-state index in [9.17, 15) is 4.79 Å². The SMILES string of the molecule is O=C(NCCSCc1ccc(Br)s1)c1cnccn1. The molecule has 2 aromatic heterocycles. The van der Waals surface area contributed by atoms with Crippen molar-refractivity contribution in [3.05, 3.63) is 45.1 Å². The number of carbonyl (C=O) groups excluding carboxylic acids is 1. The fourth-order valence-corrected chi connectivity index (χ4v) is 3.80. The minimum absolute atomic E-state index is 0.174. The average molecular weight is 358 g/mol. The molecule has 0 radical (unpaired) electrons. The monoisotopic (exact) mass is 357 g/mol. The van der Waals surface area contributed by atoms with Crippen molar-refractivity contribution in [2.45, 2.75) is 5.75 Å². The van der Waals surface area contributed by atoms with Gasteiger partial charge in [0.25, 0.3) is 5.91 Å². The summed E-state index contributed by atoms with van der Waals surface area (Å²) in [6.45, 7) is 0.632.